The van der Waals surface area contributed by atoms with Crippen molar-refractivity contribution in [1.82, 2.24) is 9.88 Å². The van der Waals surface area contributed by atoms with Gasteiger partial charge < -0.3 is 9.32 Å². The average Bonchev–Trinajstić information content (AvgIpc) is 3.35. The molecule has 1 saturated heterocycles. The summed E-state index contributed by atoms with van der Waals surface area (Å²) in [6, 6.07) is 7.92. The summed E-state index contributed by atoms with van der Waals surface area (Å²) in [6.45, 7) is 1.68. The third-order valence-corrected chi connectivity index (χ3v) is 6.45. The molecular formula is C20H24N2O2. The van der Waals surface area contributed by atoms with Crippen molar-refractivity contribution in [2.24, 2.45) is 17.8 Å². The monoisotopic (exact) mass is 324 g/mol. The number of hydrogen-bond acceptors (Lipinski definition) is 3. The van der Waals surface area contributed by atoms with E-state index in [1.165, 1.54) is 19.3 Å². The summed E-state index contributed by atoms with van der Waals surface area (Å²) in [4.78, 5) is 19.8. The number of carbonyl (C=O) groups is 1. The van der Waals surface area contributed by atoms with Crippen molar-refractivity contribution in [2.45, 2.75) is 44.4 Å². The molecular weight excluding hydrogens is 300 g/mol. The molecule has 4 atom stereocenters. The Morgan fingerprint density at radius 2 is 2.08 bits per heavy atom. The second-order valence-corrected chi connectivity index (χ2v) is 7.92. The van der Waals surface area contributed by atoms with Gasteiger partial charge in [-0.1, -0.05) is 18.6 Å². The number of likely N-dealkylation sites (tertiary alicyclic amines) is 1. The lowest BCUT2D eigenvalue weighted by Gasteiger charge is -2.35. The van der Waals surface area contributed by atoms with Crippen LogP contribution in [0.25, 0.3) is 11.1 Å². The number of nitrogens with zero attached hydrogens (tertiary/aromatic N) is 2. The lowest BCUT2D eigenvalue weighted by Crippen LogP contribution is -2.43. The predicted octanol–water partition coefficient (Wildman–Crippen LogP) is 3.97. The molecule has 4 heteroatoms. The topological polar surface area (TPSA) is 46.3 Å². The van der Waals surface area contributed by atoms with Gasteiger partial charge in [-0.3, -0.25) is 4.79 Å². The van der Waals surface area contributed by atoms with Crippen LogP contribution >= 0.6 is 0 Å². The molecule has 3 aliphatic rings. The highest BCUT2D eigenvalue weighted by molar-refractivity contribution is 5.80. The summed E-state index contributed by atoms with van der Waals surface area (Å²) in [5.74, 6) is 3.23. The van der Waals surface area contributed by atoms with Crippen LogP contribution in [0.1, 0.15) is 50.3 Å². The number of hydrogen-bond donors (Lipinski definition) is 0. The first-order valence-electron chi connectivity index (χ1n) is 9.42. The van der Waals surface area contributed by atoms with Crippen molar-refractivity contribution in [1.29, 1.82) is 0 Å². The van der Waals surface area contributed by atoms with Gasteiger partial charge in [0, 0.05) is 19.0 Å². The van der Waals surface area contributed by atoms with Gasteiger partial charge in [0.1, 0.15) is 5.52 Å². The van der Waals surface area contributed by atoms with Gasteiger partial charge in [0.25, 0.3) is 0 Å². The second kappa shape index (κ2) is 5.61. The Labute approximate surface area is 142 Å². The standard InChI is InChI=1S/C20H24N2O2/c23-20(16-11-13-7-8-14(16)10-13)22-9-3-4-15(12-22)19-21-17-5-1-2-6-18(17)24-19/h1-2,5-6,13-16H,3-4,7-12H2/t13-,14-,15+,16+/m1/s1. The molecule has 1 amide bonds. The molecule has 24 heavy (non-hydrogen) atoms. The van der Waals surface area contributed by atoms with Gasteiger partial charge in [-0.2, -0.15) is 0 Å². The molecule has 0 radical (unpaired) electrons. The minimum Gasteiger partial charge on any atom is -0.440 e. The van der Waals surface area contributed by atoms with Crippen LogP contribution in [0.15, 0.2) is 28.7 Å². The Bertz CT molecular complexity index is 735. The SMILES string of the molecule is O=C([C@H]1C[C@@H]2CC[C@@H]1C2)N1CCC[C@H](c2nc3ccccc3o2)C1. The first-order valence-corrected chi connectivity index (χ1v) is 9.42. The molecule has 2 saturated carbocycles. The van der Waals surface area contributed by atoms with Gasteiger partial charge in [-0.25, -0.2) is 4.98 Å². The van der Waals surface area contributed by atoms with E-state index in [2.05, 4.69) is 9.88 Å². The van der Waals surface area contributed by atoms with E-state index in [0.717, 1.165) is 55.3 Å². The highest BCUT2D eigenvalue weighted by Crippen LogP contribution is 2.49. The van der Waals surface area contributed by atoms with Crippen LogP contribution < -0.4 is 0 Å². The molecule has 4 nitrogen and oxygen atoms in total. The molecule has 0 spiro atoms. The van der Waals surface area contributed by atoms with Crippen LogP contribution in [0.4, 0.5) is 0 Å². The first-order chi connectivity index (χ1) is 11.8. The van der Waals surface area contributed by atoms with Gasteiger partial charge in [0.15, 0.2) is 11.5 Å². The molecule has 1 aromatic carbocycles. The van der Waals surface area contributed by atoms with E-state index < -0.39 is 0 Å². The van der Waals surface area contributed by atoms with Crippen LogP contribution in [0.3, 0.4) is 0 Å². The normalized spacial score (nSPS) is 32.6. The fourth-order valence-electron chi connectivity index (χ4n) is 5.23. The number of para-hydroxylation sites is 2. The van der Waals surface area contributed by atoms with E-state index in [9.17, 15) is 4.79 Å². The molecule has 2 bridgehead atoms. The molecule has 1 aromatic heterocycles. The third kappa shape index (κ3) is 2.35. The minimum atomic E-state index is 0.244. The van der Waals surface area contributed by atoms with E-state index in [0.29, 0.717) is 17.7 Å². The van der Waals surface area contributed by atoms with Crippen molar-refractivity contribution in [3.8, 4) is 0 Å². The van der Waals surface area contributed by atoms with Crippen molar-refractivity contribution in [2.75, 3.05) is 13.1 Å². The van der Waals surface area contributed by atoms with Crippen LogP contribution in [-0.2, 0) is 4.79 Å². The lowest BCUT2D eigenvalue weighted by atomic mass is 9.86. The summed E-state index contributed by atoms with van der Waals surface area (Å²) in [7, 11) is 0. The zero-order valence-electron chi connectivity index (χ0n) is 14.0. The maximum absolute atomic E-state index is 13.0. The minimum absolute atomic E-state index is 0.244. The van der Waals surface area contributed by atoms with Gasteiger partial charge in [-0.15, -0.1) is 0 Å². The average molecular weight is 324 g/mol. The molecule has 2 aromatic rings. The van der Waals surface area contributed by atoms with Crippen LogP contribution in [0.5, 0.6) is 0 Å². The number of oxazole rings is 1. The molecule has 126 valence electrons. The second-order valence-electron chi connectivity index (χ2n) is 7.92. The number of aromatic nitrogens is 1. The maximum Gasteiger partial charge on any atom is 0.225 e. The molecule has 0 N–H and O–H groups in total. The zero-order valence-corrected chi connectivity index (χ0v) is 14.0. The molecule has 5 rings (SSSR count). The Balaban J connectivity index is 1.33. The number of piperidine rings is 1. The summed E-state index contributed by atoms with van der Waals surface area (Å²) in [5, 5.41) is 0. The zero-order chi connectivity index (χ0) is 16.1. The molecule has 1 aliphatic heterocycles. The van der Waals surface area contributed by atoms with E-state index in [4.69, 9.17) is 4.42 Å². The van der Waals surface area contributed by atoms with Crippen LogP contribution in [0.2, 0.25) is 0 Å². The Kier molecular flexibility index (Phi) is 3.39. The maximum atomic E-state index is 13.0. The van der Waals surface area contributed by atoms with E-state index in [1.807, 2.05) is 24.3 Å². The van der Waals surface area contributed by atoms with Crippen LogP contribution in [0, 0.1) is 17.8 Å². The molecule has 0 unspecified atom stereocenters. The summed E-state index contributed by atoms with van der Waals surface area (Å²) in [5.41, 5.74) is 1.77. The van der Waals surface area contributed by atoms with Gasteiger partial charge >= 0.3 is 0 Å². The number of benzene rings is 1. The highest BCUT2D eigenvalue weighted by Gasteiger charge is 2.45. The number of rotatable bonds is 2. The van der Waals surface area contributed by atoms with Crippen molar-refractivity contribution >= 4 is 17.0 Å². The first kappa shape index (κ1) is 14.5. The van der Waals surface area contributed by atoms with Crippen molar-refractivity contribution in [3.05, 3.63) is 30.2 Å². The number of carbonyl (C=O) groups excluding carboxylic acids is 1. The largest absolute Gasteiger partial charge is 0.440 e. The van der Waals surface area contributed by atoms with E-state index in [-0.39, 0.29) is 5.92 Å². The Morgan fingerprint density at radius 3 is 2.88 bits per heavy atom. The smallest absolute Gasteiger partial charge is 0.225 e. The summed E-state index contributed by atoms with van der Waals surface area (Å²) < 4.78 is 5.96. The van der Waals surface area contributed by atoms with Crippen molar-refractivity contribution in [3.63, 3.8) is 0 Å². The van der Waals surface area contributed by atoms with E-state index in [1.54, 1.807) is 0 Å². The molecule has 2 heterocycles. The van der Waals surface area contributed by atoms with Crippen LogP contribution in [-0.4, -0.2) is 28.9 Å². The highest BCUT2D eigenvalue weighted by atomic mass is 16.3. The van der Waals surface area contributed by atoms with Gasteiger partial charge in [0.05, 0.1) is 5.92 Å². The molecule has 2 aliphatic carbocycles. The summed E-state index contributed by atoms with van der Waals surface area (Å²) in [6.07, 6.45) is 7.15. The predicted molar refractivity (Wildman–Crippen MR) is 91.5 cm³/mol. The summed E-state index contributed by atoms with van der Waals surface area (Å²) >= 11 is 0. The quantitative estimate of drug-likeness (QED) is 0.839. The Morgan fingerprint density at radius 1 is 1.17 bits per heavy atom. The van der Waals surface area contributed by atoms with Gasteiger partial charge in [-0.05, 0) is 56.1 Å². The lowest BCUT2D eigenvalue weighted by molar-refractivity contribution is -0.138. The number of amides is 1. The van der Waals surface area contributed by atoms with Crippen molar-refractivity contribution < 1.29 is 9.21 Å². The van der Waals surface area contributed by atoms with E-state index >= 15 is 0 Å². The molecule has 3 fully saturated rings. The number of fused-ring (bicyclic) bond motifs is 3. The van der Waals surface area contributed by atoms with Gasteiger partial charge in [0.2, 0.25) is 5.91 Å². The third-order valence-electron chi connectivity index (χ3n) is 6.45. The fraction of sp³-hybridized carbons (Fsp3) is 0.600. The fourth-order valence-corrected chi connectivity index (χ4v) is 5.23. The Hall–Kier alpha value is -1.84.